The minimum Gasteiger partial charge on any atom is -0.497 e. The standard InChI is InChI=1S/C25H23F3N4O4/c1-15-10-16(13-29-12-15)22(33)31-24(8-9-24)23(34)32(2)21-7-5-18(14-30-21)36-20-6-4-17(35-3)11-19(20)25(26,27)28/h4-7,10-14H,8-9H2,1-3H3,(H,31,33). The fourth-order valence-corrected chi connectivity index (χ4v) is 3.62. The maximum absolute atomic E-state index is 13.4. The fraction of sp³-hybridized carbons (Fsp3) is 0.280. The number of aromatic nitrogens is 2. The molecule has 0 spiro atoms. The number of alkyl halides is 3. The van der Waals surface area contributed by atoms with Gasteiger partial charge in [0.1, 0.15) is 34.2 Å². The van der Waals surface area contributed by atoms with E-state index in [-0.39, 0.29) is 23.2 Å². The Bertz CT molecular complexity index is 1290. The molecule has 0 saturated heterocycles. The van der Waals surface area contributed by atoms with Crippen LogP contribution in [-0.2, 0) is 11.0 Å². The van der Waals surface area contributed by atoms with Gasteiger partial charge >= 0.3 is 6.18 Å². The van der Waals surface area contributed by atoms with Crippen molar-refractivity contribution >= 4 is 17.6 Å². The zero-order chi connectivity index (χ0) is 26.1. The topological polar surface area (TPSA) is 93.7 Å². The van der Waals surface area contributed by atoms with Crippen molar-refractivity contribution in [3.05, 3.63) is 71.7 Å². The second-order valence-corrected chi connectivity index (χ2v) is 8.47. The van der Waals surface area contributed by atoms with Gasteiger partial charge < -0.3 is 14.8 Å². The maximum Gasteiger partial charge on any atom is 0.420 e. The molecule has 2 heterocycles. The van der Waals surface area contributed by atoms with E-state index in [9.17, 15) is 22.8 Å². The molecule has 0 aliphatic heterocycles. The normalized spacial score (nSPS) is 14.1. The summed E-state index contributed by atoms with van der Waals surface area (Å²) in [5.74, 6) is -0.822. The number of halogens is 3. The average molecular weight is 500 g/mol. The third-order valence-electron chi connectivity index (χ3n) is 5.74. The summed E-state index contributed by atoms with van der Waals surface area (Å²) in [7, 11) is 2.78. The quantitative estimate of drug-likeness (QED) is 0.513. The molecule has 36 heavy (non-hydrogen) atoms. The summed E-state index contributed by atoms with van der Waals surface area (Å²) in [6, 6.07) is 7.91. The maximum atomic E-state index is 13.4. The molecule has 0 unspecified atom stereocenters. The molecule has 0 atom stereocenters. The lowest BCUT2D eigenvalue weighted by Crippen LogP contribution is -2.50. The largest absolute Gasteiger partial charge is 0.497 e. The van der Waals surface area contributed by atoms with Crippen molar-refractivity contribution in [1.82, 2.24) is 15.3 Å². The zero-order valence-electron chi connectivity index (χ0n) is 19.7. The first-order chi connectivity index (χ1) is 17.0. The highest BCUT2D eigenvalue weighted by Gasteiger charge is 2.53. The molecule has 3 aromatic rings. The number of carbonyl (C=O) groups excluding carboxylic acids is 2. The van der Waals surface area contributed by atoms with Crippen LogP contribution in [0.3, 0.4) is 0 Å². The number of hydrogen-bond donors (Lipinski definition) is 1. The molecule has 1 aliphatic rings. The Morgan fingerprint density at radius 2 is 1.78 bits per heavy atom. The molecule has 1 aromatic carbocycles. The molecule has 1 aliphatic carbocycles. The molecule has 8 nitrogen and oxygen atoms in total. The first-order valence-electron chi connectivity index (χ1n) is 10.9. The van der Waals surface area contributed by atoms with Crippen molar-refractivity contribution in [2.24, 2.45) is 0 Å². The number of carbonyl (C=O) groups is 2. The lowest BCUT2D eigenvalue weighted by molar-refractivity contribution is -0.138. The molecule has 2 aromatic heterocycles. The lowest BCUT2D eigenvalue weighted by Gasteiger charge is -2.24. The van der Waals surface area contributed by atoms with Crippen LogP contribution in [0.15, 0.2) is 55.0 Å². The predicted octanol–water partition coefficient (Wildman–Crippen LogP) is 4.53. The molecule has 188 valence electrons. The van der Waals surface area contributed by atoms with Crippen molar-refractivity contribution in [2.45, 2.75) is 31.5 Å². The van der Waals surface area contributed by atoms with Gasteiger partial charge in [-0.2, -0.15) is 13.2 Å². The number of rotatable bonds is 7. The Balaban J connectivity index is 1.46. The molecule has 2 amide bonds. The molecule has 4 rings (SSSR count). The highest BCUT2D eigenvalue weighted by molar-refractivity contribution is 6.06. The Hall–Kier alpha value is -4.15. The highest BCUT2D eigenvalue weighted by atomic mass is 19.4. The minimum atomic E-state index is -4.65. The Labute approximate surface area is 205 Å². The average Bonchev–Trinajstić information content (AvgIpc) is 3.63. The van der Waals surface area contributed by atoms with Gasteiger partial charge in [0, 0.05) is 19.4 Å². The van der Waals surface area contributed by atoms with Crippen LogP contribution in [-0.4, -0.2) is 41.5 Å². The van der Waals surface area contributed by atoms with Gasteiger partial charge in [-0.1, -0.05) is 0 Å². The number of pyridine rings is 2. The molecule has 0 bridgehead atoms. The van der Waals surface area contributed by atoms with E-state index >= 15 is 0 Å². The van der Waals surface area contributed by atoms with Gasteiger partial charge in [0.15, 0.2) is 0 Å². The molecule has 1 N–H and O–H groups in total. The van der Waals surface area contributed by atoms with Crippen LogP contribution in [0.4, 0.5) is 19.0 Å². The first-order valence-corrected chi connectivity index (χ1v) is 10.9. The van der Waals surface area contributed by atoms with E-state index in [1.807, 2.05) is 6.92 Å². The van der Waals surface area contributed by atoms with Gasteiger partial charge in [-0.05, 0) is 61.7 Å². The molecular formula is C25H23F3N4O4. The summed E-state index contributed by atoms with van der Waals surface area (Å²) in [4.78, 5) is 35.2. The van der Waals surface area contributed by atoms with Crippen LogP contribution in [0.1, 0.15) is 34.3 Å². The number of hydrogen-bond acceptors (Lipinski definition) is 6. The number of nitrogens with zero attached hydrogens (tertiary/aromatic N) is 3. The summed E-state index contributed by atoms with van der Waals surface area (Å²) in [5.41, 5.74) is -0.863. The molecular weight excluding hydrogens is 477 g/mol. The number of ether oxygens (including phenoxy) is 2. The SMILES string of the molecule is COc1ccc(Oc2ccc(N(C)C(=O)C3(NC(=O)c4cncc(C)c4)CC3)nc2)c(C(F)(F)F)c1. The highest BCUT2D eigenvalue weighted by Crippen LogP contribution is 2.41. The summed E-state index contributed by atoms with van der Waals surface area (Å²) in [5, 5.41) is 2.80. The number of likely N-dealkylation sites (N-methyl/N-ethyl adjacent to an activating group) is 1. The lowest BCUT2D eigenvalue weighted by atomic mass is 10.1. The van der Waals surface area contributed by atoms with Crippen molar-refractivity contribution in [1.29, 1.82) is 0 Å². The third-order valence-corrected chi connectivity index (χ3v) is 5.74. The summed E-state index contributed by atoms with van der Waals surface area (Å²) >= 11 is 0. The van der Waals surface area contributed by atoms with Gasteiger partial charge in [0.25, 0.3) is 11.8 Å². The van der Waals surface area contributed by atoms with Crippen LogP contribution in [0.5, 0.6) is 17.2 Å². The van der Waals surface area contributed by atoms with Gasteiger partial charge in [0.2, 0.25) is 0 Å². The number of amides is 2. The van der Waals surface area contributed by atoms with Crippen LogP contribution in [0.2, 0.25) is 0 Å². The third kappa shape index (κ3) is 5.24. The van der Waals surface area contributed by atoms with Gasteiger partial charge in [0.05, 0.1) is 18.9 Å². The van der Waals surface area contributed by atoms with E-state index in [4.69, 9.17) is 9.47 Å². The van der Waals surface area contributed by atoms with Crippen LogP contribution in [0.25, 0.3) is 0 Å². The van der Waals surface area contributed by atoms with Crippen molar-refractivity contribution < 1.29 is 32.2 Å². The second-order valence-electron chi connectivity index (χ2n) is 8.47. The second kappa shape index (κ2) is 9.48. The molecule has 1 fully saturated rings. The summed E-state index contributed by atoms with van der Waals surface area (Å²) in [6.07, 6.45) is 0.571. The van der Waals surface area contributed by atoms with Gasteiger partial charge in [-0.15, -0.1) is 0 Å². The van der Waals surface area contributed by atoms with E-state index in [0.29, 0.717) is 18.4 Å². The number of nitrogens with one attached hydrogen (secondary N) is 1. The Morgan fingerprint density at radius 3 is 2.36 bits per heavy atom. The summed E-state index contributed by atoms with van der Waals surface area (Å²) in [6.45, 7) is 1.81. The number of methoxy groups -OCH3 is 1. The summed E-state index contributed by atoms with van der Waals surface area (Å²) < 4.78 is 50.6. The number of aryl methyl sites for hydroxylation is 1. The Morgan fingerprint density at radius 1 is 1.06 bits per heavy atom. The molecule has 0 radical (unpaired) electrons. The predicted molar refractivity (Wildman–Crippen MR) is 124 cm³/mol. The molecule has 11 heteroatoms. The number of benzene rings is 1. The van der Waals surface area contributed by atoms with Gasteiger partial charge in [-0.25, -0.2) is 4.98 Å². The van der Waals surface area contributed by atoms with Crippen LogP contribution >= 0.6 is 0 Å². The van der Waals surface area contributed by atoms with E-state index < -0.39 is 28.9 Å². The van der Waals surface area contributed by atoms with Crippen molar-refractivity contribution in [3.63, 3.8) is 0 Å². The van der Waals surface area contributed by atoms with Crippen LogP contribution in [0, 0.1) is 6.92 Å². The van der Waals surface area contributed by atoms with Gasteiger partial charge in [-0.3, -0.25) is 19.5 Å². The van der Waals surface area contributed by atoms with Crippen molar-refractivity contribution in [3.8, 4) is 17.2 Å². The van der Waals surface area contributed by atoms with Crippen LogP contribution < -0.4 is 19.7 Å². The van der Waals surface area contributed by atoms with E-state index in [2.05, 4.69) is 15.3 Å². The Kier molecular flexibility index (Phi) is 6.57. The monoisotopic (exact) mass is 500 g/mol. The smallest absolute Gasteiger partial charge is 0.420 e. The zero-order valence-corrected chi connectivity index (χ0v) is 19.7. The fourth-order valence-electron chi connectivity index (χ4n) is 3.62. The van der Waals surface area contributed by atoms with E-state index in [1.165, 1.54) is 49.7 Å². The van der Waals surface area contributed by atoms with Crippen molar-refractivity contribution in [2.75, 3.05) is 19.1 Å². The van der Waals surface area contributed by atoms with E-state index in [0.717, 1.165) is 17.7 Å². The first kappa shape index (κ1) is 25.0. The van der Waals surface area contributed by atoms with E-state index in [1.54, 1.807) is 12.3 Å². The number of anilines is 1. The molecule has 1 saturated carbocycles. The minimum absolute atomic E-state index is 0.0445.